The van der Waals surface area contributed by atoms with Crippen molar-refractivity contribution in [2.75, 3.05) is 5.32 Å². The number of hydrogen-bond donors (Lipinski definition) is 2. The van der Waals surface area contributed by atoms with E-state index in [0.29, 0.717) is 23.4 Å². The van der Waals surface area contributed by atoms with Crippen LogP contribution in [0.4, 0.5) is 5.69 Å². The van der Waals surface area contributed by atoms with Crippen molar-refractivity contribution in [3.8, 4) is 0 Å². The van der Waals surface area contributed by atoms with Gasteiger partial charge in [0, 0.05) is 17.9 Å². The van der Waals surface area contributed by atoms with Gasteiger partial charge in [0.2, 0.25) is 10.0 Å². The average Bonchev–Trinajstić information content (AvgIpc) is 2.96. The molecule has 0 aliphatic heterocycles. The van der Waals surface area contributed by atoms with Gasteiger partial charge < -0.3 is 9.88 Å². The number of carbonyl (C=O) groups excluding carboxylic acids is 1. The smallest absolute Gasteiger partial charge is 0.272 e. The molecule has 1 aromatic heterocycles. The van der Waals surface area contributed by atoms with Crippen LogP contribution in [0.25, 0.3) is 0 Å². The van der Waals surface area contributed by atoms with Gasteiger partial charge in [-0.25, -0.2) is 13.6 Å². The fourth-order valence-electron chi connectivity index (χ4n) is 2.42. The van der Waals surface area contributed by atoms with Crippen LogP contribution < -0.4 is 10.5 Å². The van der Waals surface area contributed by atoms with Crippen molar-refractivity contribution in [2.45, 2.75) is 38.1 Å². The van der Waals surface area contributed by atoms with Gasteiger partial charge in [-0.3, -0.25) is 4.79 Å². The Morgan fingerprint density at radius 3 is 2.57 bits per heavy atom. The molecule has 7 heteroatoms. The van der Waals surface area contributed by atoms with Gasteiger partial charge in [-0.1, -0.05) is 13.0 Å². The number of nitrogens with one attached hydrogen (secondary N) is 1. The number of anilines is 1. The van der Waals surface area contributed by atoms with Crippen LogP contribution in [0.15, 0.2) is 41.4 Å². The molecule has 0 atom stereocenters. The maximum absolute atomic E-state index is 12.4. The van der Waals surface area contributed by atoms with Crippen LogP contribution >= 0.6 is 0 Å². The molecule has 0 fully saturated rings. The summed E-state index contributed by atoms with van der Waals surface area (Å²) in [6, 6.07) is 8.40. The van der Waals surface area contributed by atoms with E-state index in [9.17, 15) is 13.2 Å². The van der Waals surface area contributed by atoms with Crippen LogP contribution in [0.3, 0.4) is 0 Å². The van der Waals surface area contributed by atoms with Gasteiger partial charge in [-0.15, -0.1) is 0 Å². The lowest BCUT2D eigenvalue weighted by molar-refractivity contribution is 0.101. The minimum absolute atomic E-state index is 0.0389. The molecule has 124 valence electrons. The highest BCUT2D eigenvalue weighted by atomic mass is 32.2. The number of rotatable bonds is 5. The van der Waals surface area contributed by atoms with E-state index in [2.05, 4.69) is 5.32 Å². The molecule has 2 aromatic rings. The minimum atomic E-state index is -3.84. The monoisotopic (exact) mass is 335 g/mol. The number of sulfonamides is 1. The summed E-state index contributed by atoms with van der Waals surface area (Å²) in [6.07, 6.45) is 2.37. The lowest BCUT2D eigenvalue weighted by Gasteiger charge is -2.14. The third-order valence-electron chi connectivity index (χ3n) is 3.58. The van der Waals surface area contributed by atoms with E-state index in [4.69, 9.17) is 5.14 Å². The summed E-state index contributed by atoms with van der Waals surface area (Å²) < 4.78 is 25.2. The molecule has 0 radical (unpaired) electrons. The quantitative estimate of drug-likeness (QED) is 0.879. The molecule has 0 unspecified atom stereocenters. The van der Waals surface area contributed by atoms with Gasteiger partial charge in [-0.2, -0.15) is 0 Å². The van der Waals surface area contributed by atoms with Gasteiger partial charge in [0.05, 0.1) is 4.90 Å². The first kappa shape index (κ1) is 17.2. The Morgan fingerprint density at radius 1 is 1.30 bits per heavy atom. The molecular weight excluding hydrogens is 314 g/mol. The van der Waals surface area contributed by atoms with E-state index in [1.807, 2.05) is 31.5 Å². The predicted molar refractivity (Wildman–Crippen MR) is 90.0 cm³/mol. The molecule has 1 heterocycles. The Morgan fingerprint density at radius 2 is 2.00 bits per heavy atom. The molecule has 0 aliphatic carbocycles. The molecular formula is C16H21N3O3S. The minimum Gasteiger partial charge on any atom is -0.341 e. The average molecular weight is 335 g/mol. The maximum atomic E-state index is 12.4. The second-order valence-electron chi connectivity index (χ2n) is 5.57. The van der Waals surface area contributed by atoms with Gasteiger partial charge in [-0.05, 0) is 50.1 Å². The van der Waals surface area contributed by atoms with Gasteiger partial charge >= 0.3 is 0 Å². The second kappa shape index (κ2) is 6.55. The van der Waals surface area contributed by atoms with E-state index in [1.54, 1.807) is 24.3 Å². The van der Waals surface area contributed by atoms with Crippen LogP contribution in [0.5, 0.6) is 0 Å². The number of aromatic nitrogens is 1. The Bertz CT molecular complexity index is 823. The molecule has 23 heavy (non-hydrogen) atoms. The fraction of sp³-hybridized carbons (Fsp3) is 0.312. The van der Waals surface area contributed by atoms with Crippen LogP contribution in [0.2, 0.25) is 0 Å². The maximum Gasteiger partial charge on any atom is 0.272 e. The van der Waals surface area contributed by atoms with Crippen molar-refractivity contribution >= 4 is 21.6 Å². The third kappa shape index (κ3) is 3.80. The zero-order valence-corrected chi connectivity index (χ0v) is 14.2. The largest absolute Gasteiger partial charge is 0.341 e. The van der Waals surface area contributed by atoms with Gasteiger partial charge in [0.25, 0.3) is 5.91 Å². The van der Waals surface area contributed by atoms with E-state index >= 15 is 0 Å². The molecule has 0 spiro atoms. The number of primary sulfonamides is 1. The summed E-state index contributed by atoms with van der Waals surface area (Å²) in [6.45, 7) is 5.80. The lowest BCUT2D eigenvalue weighted by Crippen LogP contribution is -2.19. The number of amides is 1. The summed E-state index contributed by atoms with van der Waals surface area (Å²) in [4.78, 5) is 12.4. The molecule has 0 saturated carbocycles. The fourth-order valence-corrected chi connectivity index (χ4v) is 3.29. The standard InChI is InChI=1S/C16H21N3O3S/c1-4-12-7-8-13(10-15(12)23(17,21)22)18-16(20)14-6-5-9-19(14)11(2)3/h5-11H,4H2,1-3H3,(H,18,20)(H2,17,21,22). The van der Waals surface area contributed by atoms with Crippen molar-refractivity contribution in [1.29, 1.82) is 0 Å². The normalized spacial score (nSPS) is 11.7. The second-order valence-corrected chi connectivity index (χ2v) is 7.10. The Balaban J connectivity index is 2.34. The van der Waals surface area contributed by atoms with E-state index in [1.165, 1.54) is 6.07 Å². The van der Waals surface area contributed by atoms with Crippen LogP contribution in [-0.4, -0.2) is 18.9 Å². The molecule has 0 saturated heterocycles. The van der Waals surface area contributed by atoms with E-state index in [0.717, 1.165) is 0 Å². The molecule has 0 aliphatic rings. The molecule has 3 N–H and O–H groups in total. The van der Waals surface area contributed by atoms with Crippen molar-refractivity contribution in [2.24, 2.45) is 5.14 Å². The van der Waals surface area contributed by atoms with Crippen molar-refractivity contribution in [3.05, 3.63) is 47.8 Å². The van der Waals surface area contributed by atoms with Crippen LogP contribution in [0, 0.1) is 0 Å². The molecule has 1 aromatic carbocycles. The molecule has 2 rings (SSSR count). The van der Waals surface area contributed by atoms with E-state index in [-0.39, 0.29) is 16.8 Å². The molecule has 1 amide bonds. The summed E-state index contributed by atoms with van der Waals surface area (Å²) in [5.74, 6) is -0.298. The number of nitrogens with zero attached hydrogens (tertiary/aromatic N) is 1. The first-order chi connectivity index (χ1) is 10.7. The highest BCUT2D eigenvalue weighted by Gasteiger charge is 2.16. The summed E-state index contributed by atoms with van der Waals surface area (Å²) in [5, 5.41) is 7.97. The topological polar surface area (TPSA) is 94.2 Å². The van der Waals surface area contributed by atoms with Gasteiger partial charge in [0.15, 0.2) is 0 Å². The Kier molecular flexibility index (Phi) is 4.91. The number of nitrogens with two attached hydrogens (primary N) is 1. The van der Waals surface area contributed by atoms with Crippen molar-refractivity contribution in [3.63, 3.8) is 0 Å². The highest BCUT2D eigenvalue weighted by Crippen LogP contribution is 2.21. The number of hydrogen-bond acceptors (Lipinski definition) is 3. The zero-order chi connectivity index (χ0) is 17.2. The number of carbonyl (C=O) groups is 1. The Hall–Kier alpha value is -2.12. The lowest BCUT2D eigenvalue weighted by atomic mass is 10.1. The summed E-state index contributed by atoms with van der Waals surface area (Å²) in [5.41, 5.74) is 1.53. The summed E-state index contributed by atoms with van der Waals surface area (Å²) >= 11 is 0. The zero-order valence-electron chi connectivity index (χ0n) is 13.4. The van der Waals surface area contributed by atoms with Gasteiger partial charge in [0.1, 0.15) is 5.69 Å². The number of benzene rings is 1. The highest BCUT2D eigenvalue weighted by molar-refractivity contribution is 7.89. The molecule has 0 bridgehead atoms. The van der Waals surface area contributed by atoms with Crippen LogP contribution in [0.1, 0.15) is 42.9 Å². The van der Waals surface area contributed by atoms with E-state index < -0.39 is 10.0 Å². The summed E-state index contributed by atoms with van der Waals surface area (Å²) in [7, 11) is -3.84. The first-order valence-corrected chi connectivity index (χ1v) is 8.92. The SMILES string of the molecule is CCc1ccc(NC(=O)c2cccn2C(C)C)cc1S(N)(=O)=O. The predicted octanol–water partition coefficient (Wildman–Crippen LogP) is 2.53. The van der Waals surface area contributed by atoms with Crippen molar-refractivity contribution < 1.29 is 13.2 Å². The Labute approximate surface area is 136 Å². The first-order valence-electron chi connectivity index (χ1n) is 7.38. The van der Waals surface area contributed by atoms with Crippen molar-refractivity contribution in [1.82, 2.24) is 4.57 Å². The molecule has 6 nitrogen and oxygen atoms in total. The van der Waals surface area contributed by atoms with Crippen LogP contribution in [-0.2, 0) is 16.4 Å². The number of aryl methyl sites for hydroxylation is 1. The third-order valence-corrected chi connectivity index (χ3v) is 4.57.